The lowest BCUT2D eigenvalue weighted by Crippen LogP contribution is -2.39. The second-order valence-corrected chi connectivity index (χ2v) is 10.8. The van der Waals surface area contributed by atoms with Crippen molar-refractivity contribution in [2.24, 2.45) is 4.99 Å². The lowest BCUT2D eigenvalue weighted by Gasteiger charge is -2.24. The number of fused-ring (bicyclic) bond motifs is 1. The number of aromatic nitrogens is 2. The topological polar surface area (TPSA) is 101 Å². The van der Waals surface area contributed by atoms with Gasteiger partial charge in [-0.2, -0.15) is 0 Å². The second-order valence-electron chi connectivity index (χ2n) is 9.78. The first-order chi connectivity index (χ1) is 20.2. The Balaban J connectivity index is 1.63. The molecule has 10 heteroatoms. The van der Waals surface area contributed by atoms with Crippen LogP contribution >= 0.6 is 11.3 Å². The van der Waals surface area contributed by atoms with Gasteiger partial charge in [0.25, 0.3) is 5.56 Å². The minimum atomic E-state index is -0.700. The maximum atomic E-state index is 14.0. The van der Waals surface area contributed by atoms with Gasteiger partial charge in [-0.05, 0) is 87.4 Å². The molecule has 0 saturated carbocycles. The predicted octanol–water partition coefficient (Wildman–Crippen LogP) is 4.00. The highest BCUT2D eigenvalue weighted by Gasteiger charge is 2.33. The molecule has 5 rings (SSSR count). The molecule has 0 bridgehead atoms. The summed E-state index contributed by atoms with van der Waals surface area (Å²) in [5.74, 6) is -0.233. The Kier molecular flexibility index (Phi) is 8.00. The van der Waals surface area contributed by atoms with Crippen molar-refractivity contribution in [3.05, 3.63) is 114 Å². The molecule has 0 radical (unpaired) electrons. The first-order valence-electron chi connectivity index (χ1n) is 13.4. The van der Waals surface area contributed by atoms with E-state index in [9.17, 15) is 14.4 Å². The third-order valence-corrected chi connectivity index (χ3v) is 8.23. The standard InChI is InChI=1S/C32H31N3O6S/c1-7-41-31(38)27-19(3)33-32-35(28(27)21-10-14-25(39-5)15-11-21)29(36)26(42-32)17-23-16-18(2)34(20(23)4)24-12-8-22(9-13-24)30(37)40-6/h8-17,28H,7H2,1-6H3/b26-17+/t28-/m0/s1. The van der Waals surface area contributed by atoms with Gasteiger partial charge >= 0.3 is 11.9 Å². The Hall–Kier alpha value is -4.70. The molecule has 0 N–H and O–H groups in total. The van der Waals surface area contributed by atoms with Gasteiger partial charge in [0.2, 0.25) is 0 Å². The summed E-state index contributed by atoms with van der Waals surface area (Å²) in [6, 6.07) is 15.8. The van der Waals surface area contributed by atoms with Crippen LogP contribution < -0.4 is 19.6 Å². The van der Waals surface area contributed by atoms with Crippen molar-refractivity contribution in [2.45, 2.75) is 33.7 Å². The number of hydrogen-bond acceptors (Lipinski definition) is 8. The van der Waals surface area contributed by atoms with Crippen molar-refractivity contribution in [3.63, 3.8) is 0 Å². The van der Waals surface area contributed by atoms with Crippen LogP contribution in [0.5, 0.6) is 5.75 Å². The molecule has 9 nitrogen and oxygen atoms in total. The zero-order chi connectivity index (χ0) is 30.1. The second kappa shape index (κ2) is 11.7. The van der Waals surface area contributed by atoms with Crippen LogP contribution in [-0.2, 0) is 14.3 Å². The lowest BCUT2D eigenvalue weighted by atomic mass is 9.96. The normalized spacial score (nSPS) is 14.8. The number of aryl methyl sites for hydroxylation is 1. The maximum Gasteiger partial charge on any atom is 0.338 e. The van der Waals surface area contributed by atoms with Crippen LogP contribution in [0.2, 0.25) is 0 Å². The van der Waals surface area contributed by atoms with E-state index in [1.165, 1.54) is 18.4 Å². The zero-order valence-electron chi connectivity index (χ0n) is 24.3. The van der Waals surface area contributed by atoms with Crippen molar-refractivity contribution in [3.8, 4) is 11.4 Å². The van der Waals surface area contributed by atoms with Crippen molar-refractivity contribution in [1.29, 1.82) is 0 Å². The van der Waals surface area contributed by atoms with Crippen molar-refractivity contribution in [1.82, 2.24) is 9.13 Å². The summed E-state index contributed by atoms with van der Waals surface area (Å²) in [4.78, 5) is 44.1. The van der Waals surface area contributed by atoms with Crippen molar-refractivity contribution in [2.75, 3.05) is 20.8 Å². The number of methoxy groups -OCH3 is 2. The van der Waals surface area contributed by atoms with Crippen LogP contribution in [0.4, 0.5) is 0 Å². The Bertz CT molecular complexity index is 1890. The smallest absolute Gasteiger partial charge is 0.338 e. The monoisotopic (exact) mass is 585 g/mol. The van der Waals surface area contributed by atoms with Crippen LogP contribution in [0.15, 0.2) is 75.7 Å². The number of thiazole rings is 1. The van der Waals surface area contributed by atoms with Gasteiger partial charge in [-0.3, -0.25) is 9.36 Å². The first-order valence-corrected chi connectivity index (χ1v) is 14.2. The van der Waals surface area contributed by atoms with E-state index < -0.39 is 18.0 Å². The molecule has 1 aliphatic rings. The average molecular weight is 586 g/mol. The molecular formula is C32H31N3O6S. The third-order valence-electron chi connectivity index (χ3n) is 7.25. The summed E-state index contributed by atoms with van der Waals surface area (Å²) in [6.45, 7) is 7.68. The Labute approximate surface area is 246 Å². The van der Waals surface area contributed by atoms with E-state index in [4.69, 9.17) is 14.2 Å². The van der Waals surface area contributed by atoms with Crippen LogP contribution in [-0.4, -0.2) is 41.9 Å². The quantitative estimate of drug-likeness (QED) is 0.304. The van der Waals surface area contributed by atoms with E-state index in [1.807, 2.05) is 50.3 Å². The molecule has 0 unspecified atom stereocenters. The molecule has 2 aromatic heterocycles. The molecule has 4 aromatic rings. The third kappa shape index (κ3) is 5.09. The molecule has 216 valence electrons. The van der Waals surface area contributed by atoms with Crippen molar-refractivity contribution < 1.29 is 23.8 Å². The highest BCUT2D eigenvalue weighted by Crippen LogP contribution is 2.31. The fraction of sp³-hybridized carbons (Fsp3) is 0.250. The van der Waals surface area contributed by atoms with Crippen LogP contribution in [0.3, 0.4) is 0 Å². The maximum absolute atomic E-state index is 14.0. The minimum Gasteiger partial charge on any atom is -0.497 e. The van der Waals surface area contributed by atoms with E-state index in [0.29, 0.717) is 31.9 Å². The summed E-state index contributed by atoms with van der Waals surface area (Å²) < 4.78 is 19.6. The summed E-state index contributed by atoms with van der Waals surface area (Å²) in [5, 5.41) is 0. The van der Waals surface area contributed by atoms with Gasteiger partial charge in [0.15, 0.2) is 4.80 Å². The highest BCUT2D eigenvalue weighted by molar-refractivity contribution is 7.07. The number of ether oxygens (including phenoxy) is 3. The fourth-order valence-electron chi connectivity index (χ4n) is 5.23. The van der Waals surface area contributed by atoms with Crippen LogP contribution in [0.25, 0.3) is 11.8 Å². The summed E-state index contributed by atoms with van der Waals surface area (Å²) in [7, 11) is 2.94. The van der Waals surface area contributed by atoms with E-state index in [2.05, 4.69) is 9.56 Å². The number of rotatable bonds is 7. The van der Waals surface area contributed by atoms with Gasteiger partial charge in [-0.15, -0.1) is 0 Å². The Morgan fingerprint density at radius 3 is 2.31 bits per heavy atom. The number of hydrogen-bond donors (Lipinski definition) is 0. The van der Waals surface area contributed by atoms with Gasteiger partial charge < -0.3 is 18.8 Å². The average Bonchev–Trinajstić information content (AvgIpc) is 3.45. The predicted molar refractivity (Wildman–Crippen MR) is 160 cm³/mol. The number of nitrogens with zero attached hydrogens (tertiary/aromatic N) is 3. The molecule has 1 aliphatic heterocycles. The molecule has 0 saturated heterocycles. The SMILES string of the molecule is CCOC(=O)C1=C(C)N=c2s/c(=C/c3cc(C)n(-c4ccc(C(=O)OC)cc4)c3C)c(=O)n2[C@H]1c1ccc(OC)cc1. The molecule has 0 spiro atoms. The van der Waals surface area contributed by atoms with E-state index in [-0.39, 0.29) is 12.2 Å². The Morgan fingerprint density at radius 1 is 1.00 bits per heavy atom. The fourth-order valence-corrected chi connectivity index (χ4v) is 6.27. The molecule has 42 heavy (non-hydrogen) atoms. The molecule has 0 fully saturated rings. The van der Waals surface area contributed by atoms with E-state index >= 15 is 0 Å². The number of benzene rings is 2. The molecule has 3 heterocycles. The van der Waals surface area contributed by atoms with E-state index in [0.717, 1.165) is 28.2 Å². The summed E-state index contributed by atoms with van der Waals surface area (Å²) in [5.41, 5.74) is 5.45. The zero-order valence-corrected chi connectivity index (χ0v) is 25.1. The summed E-state index contributed by atoms with van der Waals surface area (Å²) >= 11 is 1.28. The summed E-state index contributed by atoms with van der Waals surface area (Å²) in [6.07, 6.45) is 1.86. The van der Waals surface area contributed by atoms with E-state index in [1.54, 1.807) is 49.8 Å². The lowest BCUT2D eigenvalue weighted by molar-refractivity contribution is -0.139. The Morgan fingerprint density at radius 2 is 1.69 bits per heavy atom. The minimum absolute atomic E-state index is 0.205. The number of carbonyl (C=O) groups excluding carboxylic acids is 2. The van der Waals surface area contributed by atoms with Gasteiger partial charge in [-0.1, -0.05) is 23.5 Å². The highest BCUT2D eigenvalue weighted by atomic mass is 32.1. The van der Waals surface area contributed by atoms with Gasteiger partial charge in [-0.25, -0.2) is 14.6 Å². The van der Waals surface area contributed by atoms with Gasteiger partial charge in [0.05, 0.1) is 48.2 Å². The molecule has 2 aromatic carbocycles. The number of allylic oxidation sites excluding steroid dienone is 1. The van der Waals surface area contributed by atoms with Crippen LogP contribution in [0, 0.1) is 13.8 Å². The molecule has 1 atom stereocenters. The largest absolute Gasteiger partial charge is 0.497 e. The first kappa shape index (κ1) is 28.8. The number of carbonyl (C=O) groups is 2. The van der Waals surface area contributed by atoms with Gasteiger partial charge in [0.1, 0.15) is 5.75 Å². The molecule has 0 amide bonds. The molecule has 0 aliphatic carbocycles. The van der Waals surface area contributed by atoms with Gasteiger partial charge in [0, 0.05) is 17.1 Å². The van der Waals surface area contributed by atoms with Crippen LogP contribution in [0.1, 0.15) is 52.8 Å². The number of esters is 2. The molecular weight excluding hydrogens is 554 g/mol. The van der Waals surface area contributed by atoms with Crippen molar-refractivity contribution >= 4 is 29.4 Å².